The summed E-state index contributed by atoms with van der Waals surface area (Å²) >= 11 is 3.39. The summed E-state index contributed by atoms with van der Waals surface area (Å²) in [7, 11) is 0. The summed E-state index contributed by atoms with van der Waals surface area (Å²) in [5.74, 6) is 0.757. The Morgan fingerprint density at radius 3 is 2.83 bits per heavy atom. The molecule has 0 saturated heterocycles. The standard InChI is InChI=1S/C13H17BrN2O2/c1-9-3-2-4-10(7-9)15-13-6-5-11(16(17)18)8-12(13)14/h5-6,8-10,15H,2-4,7H2,1H3. The lowest BCUT2D eigenvalue weighted by molar-refractivity contribution is -0.384. The molecular formula is C13H17BrN2O2. The molecule has 1 aliphatic rings. The summed E-state index contributed by atoms with van der Waals surface area (Å²) in [6.45, 7) is 2.28. The third kappa shape index (κ3) is 3.22. The predicted molar refractivity (Wildman–Crippen MR) is 75.8 cm³/mol. The Bertz CT molecular complexity index is 451. The molecule has 1 fully saturated rings. The molecule has 1 aliphatic carbocycles. The molecule has 1 N–H and O–H groups in total. The fourth-order valence-corrected chi connectivity index (χ4v) is 3.00. The quantitative estimate of drug-likeness (QED) is 0.667. The van der Waals surface area contributed by atoms with Gasteiger partial charge >= 0.3 is 0 Å². The summed E-state index contributed by atoms with van der Waals surface area (Å²) in [5.41, 5.74) is 1.06. The van der Waals surface area contributed by atoms with Gasteiger partial charge in [-0.15, -0.1) is 0 Å². The normalized spacial score (nSPS) is 23.7. The van der Waals surface area contributed by atoms with Gasteiger partial charge < -0.3 is 5.32 Å². The molecule has 0 heterocycles. The summed E-state index contributed by atoms with van der Waals surface area (Å²) in [5, 5.41) is 14.1. The molecule has 0 aliphatic heterocycles. The first-order valence-electron chi connectivity index (χ1n) is 6.26. The number of halogens is 1. The van der Waals surface area contributed by atoms with Gasteiger partial charge in [0.1, 0.15) is 0 Å². The predicted octanol–water partition coefficient (Wildman–Crippen LogP) is 4.35. The second-order valence-corrected chi connectivity index (χ2v) is 5.89. The van der Waals surface area contributed by atoms with Gasteiger partial charge in [-0.1, -0.05) is 19.8 Å². The van der Waals surface area contributed by atoms with Crippen LogP contribution >= 0.6 is 15.9 Å². The lowest BCUT2D eigenvalue weighted by atomic mass is 9.87. The highest BCUT2D eigenvalue weighted by Gasteiger charge is 2.19. The average Bonchev–Trinajstić information content (AvgIpc) is 2.31. The van der Waals surface area contributed by atoms with Crippen LogP contribution in [0, 0.1) is 16.0 Å². The van der Waals surface area contributed by atoms with Crippen molar-refractivity contribution in [3.63, 3.8) is 0 Å². The number of nitro benzene ring substituents is 1. The van der Waals surface area contributed by atoms with Crippen molar-refractivity contribution in [3.8, 4) is 0 Å². The summed E-state index contributed by atoms with van der Waals surface area (Å²) < 4.78 is 0.759. The van der Waals surface area contributed by atoms with E-state index in [0.717, 1.165) is 16.1 Å². The van der Waals surface area contributed by atoms with Crippen LogP contribution in [0.25, 0.3) is 0 Å². The number of anilines is 1. The molecule has 0 aromatic heterocycles. The summed E-state index contributed by atoms with van der Waals surface area (Å²) in [6, 6.07) is 5.35. The van der Waals surface area contributed by atoms with E-state index in [-0.39, 0.29) is 10.6 Å². The maximum Gasteiger partial charge on any atom is 0.270 e. The number of hydrogen-bond acceptors (Lipinski definition) is 3. The Morgan fingerprint density at radius 1 is 1.44 bits per heavy atom. The van der Waals surface area contributed by atoms with Gasteiger partial charge in [-0.05, 0) is 40.8 Å². The van der Waals surface area contributed by atoms with Crippen LogP contribution in [0.1, 0.15) is 32.6 Å². The number of rotatable bonds is 3. The molecule has 4 nitrogen and oxygen atoms in total. The van der Waals surface area contributed by atoms with Gasteiger partial charge in [-0.25, -0.2) is 0 Å². The van der Waals surface area contributed by atoms with E-state index in [1.165, 1.54) is 25.7 Å². The minimum atomic E-state index is -0.378. The highest BCUT2D eigenvalue weighted by molar-refractivity contribution is 9.10. The van der Waals surface area contributed by atoms with Crippen LogP contribution in [0.15, 0.2) is 22.7 Å². The van der Waals surface area contributed by atoms with E-state index in [4.69, 9.17) is 0 Å². The van der Waals surface area contributed by atoms with Crippen molar-refractivity contribution < 1.29 is 4.92 Å². The summed E-state index contributed by atoms with van der Waals surface area (Å²) in [6.07, 6.45) is 4.90. The van der Waals surface area contributed by atoms with Gasteiger partial charge in [0.25, 0.3) is 5.69 Å². The fourth-order valence-electron chi connectivity index (χ4n) is 2.52. The fraction of sp³-hybridized carbons (Fsp3) is 0.538. The van der Waals surface area contributed by atoms with Crippen LogP contribution in [-0.4, -0.2) is 11.0 Å². The Kier molecular flexibility index (Phi) is 4.22. The van der Waals surface area contributed by atoms with Crippen LogP contribution in [-0.2, 0) is 0 Å². The molecule has 1 saturated carbocycles. The minimum Gasteiger partial charge on any atom is -0.381 e. The molecule has 5 heteroatoms. The minimum absolute atomic E-state index is 0.115. The van der Waals surface area contributed by atoms with Gasteiger partial charge in [0.2, 0.25) is 0 Å². The van der Waals surface area contributed by atoms with Crippen molar-refractivity contribution in [3.05, 3.63) is 32.8 Å². The van der Waals surface area contributed by atoms with E-state index < -0.39 is 0 Å². The third-order valence-electron chi connectivity index (χ3n) is 3.46. The second-order valence-electron chi connectivity index (χ2n) is 5.03. The molecule has 2 rings (SSSR count). The van der Waals surface area contributed by atoms with Crippen LogP contribution in [0.2, 0.25) is 0 Å². The maximum atomic E-state index is 10.7. The molecule has 0 amide bonds. The monoisotopic (exact) mass is 312 g/mol. The van der Waals surface area contributed by atoms with E-state index in [1.54, 1.807) is 18.2 Å². The van der Waals surface area contributed by atoms with E-state index in [9.17, 15) is 10.1 Å². The number of hydrogen-bond donors (Lipinski definition) is 1. The number of nitrogens with zero attached hydrogens (tertiary/aromatic N) is 1. The lowest BCUT2D eigenvalue weighted by Gasteiger charge is -2.28. The highest BCUT2D eigenvalue weighted by Crippen LogP contribution is 2.31. The first-order valence-corrected chi connectivity index (χ1v) is 7.06. The first-order chi connectivity index (χ1) is 8.56. The number of nitro groups is 1. The second kappa shape index (κ2) is 5.69. The topological polar surface area (TPSA) is 55.2 Å². The molecule has 18 heavy (non-hydrogen) atoms. The zero-order chi connectivity index (χ0) is 13.1. The van der Waals surface area contributed by atoms with Gasteiger partial charge in [-0.3, -0.25) is 10.1 Å². The van der Waals surface area contributed by atoms with Crippen LogP contribution in [0.5, 0.6) is 0 Å². The van der Waals surface area contributed by atoms with Crippen molar-refractivity contribution in [2.45, 2.75) is 38.6 Å². The van der Waals surface area contributed by atoms with Crippen molar-refractivity contribution in [2.75, 3.05) is 5.32 Å². The van der Waals surface area contributed by atoms with Crippen LogP contribution in [0.4, 0.5) is 11.4 Å². The number of nitrogens with one attached hydrogen (secondary N) is 1. The van der Waals surface area contributed by atoms with E-state index in [2.05, 4.69) is 28.2 Å². The van der Waals surface area contributed by atoms with Gasteiger partial charge in [0.15, 0.2) is 0 Å². The van der Waals surface area contributed by atoms with Crippen LogP contribution < -0.4 is 5.32 Å². The first kappa shape index (κ1) is 13.3. The van der Waals surface area contributed by atoms with Gasteiger partial charge in [-0.2, -0.15) is 0 Å². The zero-order valence-electron chi connectivity index (χ0n) is 10.4. The SMILES string of the molecule is CC1CCCC(Nc2ccc([N+](=O)[O-])cc2Br)C1. The molecule has 98 valence electrons. The average molecular weight is 313 g/mol. The van der Waals surface area contributed by atoms with E-state index in [1.807, 2.05) is 0 Å². The molecular weight excluding hydrogens is 296 g/mol. The highest BCUT2D eigenvalue weighted by atomic mass is 79.9. The Labute approximate surface area is 115 Å². The summed E-state index contributed by atoms with van der Waals surface area (Å²) in [4.78, 5) is 10.3. The molecule has 2 unspecified atom stereocenters. The molecule has 1 aromatic carbocycles. The Balaban J connectivity index is 2.07. The zero-order valence-corrected chi connectivity index (χ0v) is 11.9. The largest absolute Gasteiger partial charge is 0.381 e. The van der Waals surface area contributed by atoms with Gasteiger partial charge in [0.05, 0.1) is 4.92 Å². The molecule has 0 radical (unpaired) electrons. The number of benzene rings is 1. The van der Waals surface area contributed by atoms with E-state index >= 15 is 0 Å². The maximum absolute atomic E-state index is 10.7. The third-order valence-corrected chi connectivity index (χ3v) is 4.12. The van der Waals surface area contributed by atoms with Crippen molar-refractivity contribution >= 4 is 27.3 Å². The molecule has 0 bridgehead atoms. The molecule has 0 spiro atoms. The molecule has 2 atom stereocenters. The smallest absolute Gasteiger partial charge is 0.270 e. The van der Waals surface area contributed by atoms with Gasteiger partial charge in [0, 0.05) is 28.3 Å². The van der Waals surface area contributed by atoms with E-state index in [0.29, 0.717) is 6.04 Å². The van der Waals surface area contributed by atoms with Crippen molar-refractivity contribution in [1.29, 1.82) is 0 Å². The molecule has 1 aromatic rings. The number of non-ortho nitro benzene ring substituents is 1. The lowest BCUT2D eigenvalue weighted by Crippen LogP contribution is -2.26. The van der Waals surface area contributed by atoms with Crippen molar-refractivity contribution in [2.24, 2.45) is 5.92 Å². The Hall–Kier alpha value is -1.10. The van der Waals surface area contributed by atoms with Crippen molar-refractivity contribution in [1.82, 2.24) is 0 Å². The Morgan fingerprint density at radius 2 is 2.22 bits per heavy atom. The van der Waals surface area contributed by atoms with Crippen LogP contribution in [0.3, 0.4) is 0 Å².